The van der Waals surface area contributed by atoms with E-state index in [0.29, 0.717) is 28.1 Å². The summed E-state index contributed by atoms with van der Waals surface area (Å²) in [5.74, 6) is 2.47. The molecule has 0 atom stereocenters. The molecule has 1 heterocycles. The van der Waals surface area contributed by atoms with E-state index < -0.39 is 0 Å². The molecule has 128 valence electrons. The smallest absolute Gasteiger partial charge is 0.252 e. The van der Waals surface area contributed by atoms with Crippen LogP contribution < -0.4 is 14.2 Å². The van der Waals surface area contributed by atoms with Crippen molar-refractivity contribution >= 4 is 40.3 Å². The molecule has 0 saturated carbocycles. The number of hydrogen-bond donors (Lipinski definition) is 0. The molecular weight excluding hydrogens is 346 g/mol. The maximum Gasteiger partial charge on any atom is 0.252 e. The number of allylic oxidation sites excluding steroid dienone is 2. The Balaban J connectivity index is 2.10. The summed E-state index contributed by atoms with van der Waals surface area (Å²) in [6.45, 7) is 0.670. The van der Waals surface area contributed by atoms with Crippen LogP contribution in [-0.2, 0) is 4.79 Å². The van der Waals surface area contributed by atoms with E-state index in [1.807, 2.05) is 18.2 Å². The topological polar surface area (TPSA) is 48.0 Å². The van der Waals surface area contributed by atoms with Crippen LogP contribution in [0.25, 0.3) is 6.08 Å². The molecule has 0 aliphatic carbocycles. The van der Waals surface area contributed by atoms with Gasteiger partial charge in [-0.2, -0.15) is 0 Å². The van der Waals surface area contributed by atoms with Gasteiger partial charge in [0, 0.05) is 18.4 Å². The first-order valence-electron chi connectivity index (χ1n) is 7.23. The van der Waals surface area contributed by atoms with Gasteiger partial charge in [-0.05, 0) is 17.7 Å². The van der Waals surface area contributed by atoms with Crippen LogP contribution in [0.2, 0.25) is 0 Å². The maximum absolute atomic E-state index is 12.0. The monoisotopic (exact) mass is 365 g/mol. The zero-order chi connectivity index (χ0) is 17.5. The van der Waals surface area contributed by atoms with Crippen molar-refractivity contribution in [2.45, 2.75) is 0 Å². The number of thioether (sulfide) groups is 1. The van der Waals surface area contributed by atoms with Crippen LogP contribution in [-0.4, -0.2) is 48.8 Å². The number of carbonyl (C=O) groups excluding carboxylic acids is 1. The average Bonchev–Trinajstić information content (AvgIpc) is 3.03. The van der Waals surface area contributed by atoms with E-state index in [4.69, 9.17) is 26.4 Å². The Morgan fingerprint density at radius 3 is 2.33 bits per heavy atom. The summed E-state index contributed by atoms with van der Waals surface area (Å²) in [6.07, 6.45) is 6.83. The lowest BCUT2D eigenvalue weighted by atomic mass is 10.1. The molecule has 0 spiro atoms. The third kappa shape index (κ3) is 4.30. The van der Waals surface area contributed by atoms with E-state index in [0.717, 1.165) is 11.3 Å². The summed E-state index contributed by atoms with van der Waals surface area (Å²) in [7, 11) is 4.70. The Morgan fingerprint density at radius 1 is 1.17 bits per heavy atom. The van der Waals surface area contributed by atoms with Crippen LogP contribution in [0.3, 0.4) is 0 Å². The van der Waals surface area contributed by atoms with Crippen molar-refractivity contribution in [3.63, 3.8) is 0 Å². The molecule has 0 unspecified atom stereocenters. The number of hydrogen-bond acceptors (Lipinski definition) is 6. The second-order valence-corrected chi connectivity index (χ2v) is 6.51. The molecule has 0 bridgehead atoms. The predicted molar refractivity (Wildman–Crippen MR) is 101 cm³/mol. The molecule has 0 radical (unpaired) electrons. The number of methoxy groups -OCH3 is 3. The van der Waals surface area contributed by atoms with E-state index in [1.165, 1.54) is 17.8 Å². The lowest BCUT2D eigenvalue weighted by Crippen LogP contribution is -2.28. The lowest BCUT2D eigenvalue weighted by Gasteiger charge is -2.12. The molecule has 1 aliphatic heterocycles. The summed E-state index contributed by atoms with van der Waals surface area (Å²) in [4.78, 5) is 13.6. The second-order valence-electron chi connectivity index (χ2n) is 4.78. The van der Waals surface area contributed by atoms with Gasteiger partial charge in [-0.3, -0.25) is 9.69 Å². The number of amides is 1. The minimum Gasteiger partial charge on any atom is -0.493 e. The van der Waals surface area contributed by atoms with E-state index in [1.54, 1.807) is 38.4 Å². The van der Waals surface area contributed by atoms with Crippen molar-refractivity contribution in [2.24, 2.45) is 0 Å². The molecule has 0 aromatic heterocycles. The number of benzene rings is 1. The van der Waals surface area contributed by atoms with Crippen LogP contribution in [0, 0.1) is 0 Å². The van der Waals surface area contributed by atoms with Gasteiger partial charge in [-0.25, -0.2) is 0 Å². The standard InChI is InChI=1S/C17H19NO4S2/c1-20-13-10-12(11-14(21-2)16(13)22-3)6-4-5-7-15(19)18-8-9-24-17(18)23/h4-7,10-11H,8-9H2,1-3H3. The fourth-order valence-corrected chi connectivity index (χ4v) is 3.40. The molecule has 1 aromatic carbocycles. The maximum atomic E-state index is 12.0. The number of thiocarbonyl (C=S) groups is 1. The van der Waals surface area contributed by atoms with Gasteiger partial charge >= 0.3 is 0 Å². The van der Waals surface area contributed by atoms with Crippen LogP contribution in [0.1, 0.15) is 5.56 Å². The fourth-order valence-electron chi connectivity index (χ4n) is 2.19. The summed E-state index contributed by atoms with van der Waals surface area (Å²) >= 11 is 6.65. The van der Waals surface area contributed by atoms with Gasteiger partial charge in [0.2, 0.25) is 5.75 Å². The average molecular weight is 365 g/mol. The zero-order valence-electron chi connectivity index (χ0n) is 13.8. The first kappa shape index (κ1) is 18.4. The third-order valence-electron chi connectivity index (χ3n) is 3.35. The first-order valence-corrected chi connectivity index (χ1v) is 8.63. The summed E-state index contributed by atoms with van der Waals surface area (Å²) in [6, 6.07) is 3.67. The molecule has 0 N–H and O–H groups in total. The van der Waals surface area contributed by atoms with E-state index >= 15 is 0 Å². The van der Waals surface area contributed by atoms with Gasteiger partial charge in [0.1, 0.15) is 4.32 Å². The molecular formula is C17H19NO4S2. The van der Waals surface area contributed by atoms with Crippen LogP contribution >= 0.6 is 24.0 Å². The SMILES string of the molecule is COc1cc(C=CC=CC(=O)N2CCSC2=S)cc(OC)c1OC. The Morgan fingerprint density at radius 2 is 1.83 bits per heavy atom. The molecule has 1 saturated heterocycles. The number of ether oxygens (including phenoxy) is 3. The highest BCUT2D eigenvalue weighted by Crippen LogP contribution is 2.38. The number of carbonyl (C=O) groups is 1. The quantitative estimate of drug-likeness (QED) is 0.438. The van der Waals surface area contributed by atoms with E-state index in [-0.39, 0.29) is 5.91 Å². The van der Waals surface area contributed by atoms with Gasteiger partial charge in [-0.15, -0.1) is 0 Å². The second kappa shape index (κ2) is 8.75. The van der Waals surface area contributed by atoms with Crippen LogP contribution in [0.5, 0.6) is 17.2 Å². The van der Waals surface area contributed by atoms with Crippen molar-refractivity contribution < 1.29 is 19.0 Å². The highest BCUT2D eigenvalue weighted by atomic mass is 32.2. The van der Waals surface area contributed by atoms with Gasteiger partial charge in [0.15, 0.2) is 11.5 Å². The summed E-state index contributed by atoms with van der Waals surface area (Å²) in [5.41, 5.74) is 0.869. The normalized spacial score (nSPS) is 14.6. The zero-order valence-corrected chi connectivity index (χ0v) is 15.4. The van der Waals surface area contributed by atoms with E-state index in [2.05, 4.69) is 0 Å². The summed E-state index contributed by atoms with van der Waals surface area (Å²) < 4.78 is 16.5. The minimum absolute atomic E-state index is 0.0976. The van der Waals surface area contributed by atoms with Gasteiger partial charge < -0.3 is 14.2 Å². The Hall–Kier alpha value is -1.99. The molecule has 2 rings (SSSR count). The number of nitrogens with zero attached hydrogens (tertiary/aromatic N) is 1. The van der Waals surface area contributed by atoms with Crippen molar-refractivity contribution in [2.75, 3.05) is 33.6 Å². The van der Waals surface area contributed by atoms with Gasteiger partial charge in [0.25, 0.3) is 5.91 Å². The molecule has 1 aromatic rings. The van der Waals surface area contributed by atoms with Crippen molar-refractivity contribution in [1.82, 2.24) is 4.90 Å². The third-order valence-corrected chi connectivity index (χ3v) is 4.78. The van der Waals surface area contributed by atoms with Crippen molar-refractivity contribution in [1.29, 1.82) is 0 Å². The number of rotatable bonds is 6. The molecule has 1 aliphatic rings. The first-order chi connectivity index (χ1) is 11.6. The molecule has 7 heteroatoms. The lowest BCUT2D eigenvalue weighted by molar-refractivity contribution is -0.121. The Labute approximate surface area is 151 Å². The molecule has 24 heavy (non-hydrogen) atoms. The predicted octanol–water partition coefficient (Wildman–Crippen LogP) is 3.14. The van der Waals surface area contributed by atoms with Crippen LogP contribution in [0.4, 0.5) is 0 Å². The highest BCUT2D eigenvalue weighted by Gasteiger charge is 2.21. The molecule has 1 fully saturated rings. The largest absolute Gasteiger partial charge is 0.493 e. The summed E-state index contributed by atoms with van der Waals surface area (Å²) in [5, 5.41) is 0. The van der Waals surface area contributed by atoms with E-state index in [9.17, 15) is 4.79 Å². The molecule has 1 amide bonds. The van der Waals surface area contributed by atoms with Crippen molar-refractivity contribution in [3.05, 3.63) is 35.9 Å². The van der Waals surface area contributed by atoms with Crippen LogP contribution in [0.15, 0.2) is 30.4 Å². The Kier molecular flexibility index (Phi) is 6.69. The fraction of sp³-hybridized carbons (Fsp3) is 0.294. The Bertz CT molecular complexity index is 660. The van der Waals surface area contributed by atoms with Gasteiger partial charge in [0.05, 0.1) is 21.3 Å². The highest BCUT2D eigenvalue weighted by molar-refractivity contribution is 8.23. The minimum atomic E-state index is -0.0976. The molecule has 5 nitrogen and oxygen atoms in total. The van der Waals surface area contributed by atoms with Gasteiger partial charge in [-0.1, -0.05) is 42.2 Å². The van der Waals surface area contributed by atoms with Crippen molar-refractivity contribution in [3.8, 4) is 17.2 Å².